The van der Waals surface area contributed by atoms with Crippen LogP contribution >= 0.6 is 0 Å². The van der Waals surface area contributed by atoms with Gasteiger partial charge in [0, 0.05) is 30.4 Å². The minimum atomic E-state index is -0.358. The summed E-state index contributed by atoms with van der Waals surface area (Å²) in [6, 6.07) is 12.2. The summed E-state index contributed by atoms with van der Waals surface area (Å²) < 4.78 is 17.5. The summed E-state index contributed by atoms with van der Waals surface area (Å²) in [6.45, 7) is 0.261. The van der Waals surface area contributed by atoms with E-state index in [1.54, 1.807) is 43.3 Å². The Kier molecular flexibility index (Phi) is 7.32. The highest BCUT2D eigenvalue weighted by atomic mass is 16.5. The lowest BCUT2D eigenvalue weighted by Gasteiger charge is -2.42. The third-order valence-corrected chi connectivity index (χ3v) is 7.52. The van der Waals surface area contributed by atoms with Crippen molar-refractivity contribution in [3.63, 3.8) is 0 Å². The number of benzene rings is 2. The molecule has 2 aromatic carbocycles. The second-order valence-corrected chi connectivity index (χ2v) is 9.98. The first kappa shape index (κ1) is 25.1. The molecular weight excluding hydrogens is 474 g/mol. The summed E-state index contributed by atoms with van der Waals surface area (Å²) in [4.78, 5) is 40.1. The smallest absolute Gasteiger partial charge is 0.257 e. The van der Waals surface area contributed by atoms with Crippen LogP contribution in [-0.4, -0.2) is 61.6 Å². The number of anilines is 2. The van der Waals surface area contributed by atoms with Crippen LogP contribution in [0.2, 0.25) is 0 Å². The largest absolute Gasteiger partial charge is 0.497 e. The topological polar surface area (TPSA) is 106 Å². The zero-order chi connectivity index (χ0) is 25.9. The zero-order valence-corrected chi connectivity index (χ0v) is 21.2. The van der Waals surface area contributed by atoms with Crippen molar-refractivity contribution in [3.8, 4) is 11.5 Å². The minimum Gasteiger partial charge on any atom is -0.497 e. The summed E-state index contributed by atoms with van der Waals surface area (Å²) in [7, 11) is 3.35. The Hall–Kier alpha value is -3.59. The predicted molar refractivity (Wildman–Crippen MR) is 138 cm³/mol. The van der Waals surface area contributed by atoms with Crippen molar-refractivity contribution in [1.29, 1.82) is 0 Å². The lowest BCUT2D eigenvalue weighted by atomic mass is 9.85. The molecule has 2 heterocycles. The van der Waals surface area contributed by atoms with Gasteiger partial charge in [0.1, 0.15) is 24.2 Å². The van der Waals surface area contributed by atoms with Crippen molar-refractivity contribution in [1.82, 2.24) is 4.90 Å². The van der Waals surface area contributed by atoms with Crippen LogP contribution in [0.15, 0.2) is 42.5 Å². The van der Waals surface area contributed by atoms with E-state index < -0.39 is 0 Å². The van der Waals surface area contributed by atoms with Gasteiger partial charge in [-0.2, -0.15) is 0 Å². The van der Waals surface area contributed by atoms with Gasteiger partial charge < -0.3 is 29.7 Å². The lowest BCUT2D eigenvalue weighted by Crippen LogP contribution is -2.53. The SMILES string of the molecule is COc1cccc(NC(=O)C[C@H]2CC[C@H]3[C@@H](COc4ccc(NC(=O)C5CCC5)cc4C(=O)N3C)O2)c1. The summed E-state index contributed by atoms with van der Waals surface area (Å²) in [6.07, 6.45) is 3.82. The van der Waals surface area contributed by atoms with Crippen LogP contribution in [0.1, 0.15) is 48.9 Å². The van der Waals surface area contributed by atoms with Crippen LogP contribution in [-0.2, 0) is 14.3 Å². The molecule has 9 heteroatoms. The average Bonchev–Trinajstić information content (AvgIpc) is 2.85. The molecule has 2 fully saturated rings. The van der Waals surface area contributed by atoms with Crippen LogP contribution in [0.25, 0.3) is 0 Å². The Balaban J connectivity index is 1.23. The number of likely N-dealkylation sites (N-methyl/N-ethyl adjacent to an activating group) is 1. The molecule has 3 aliphatic rings. The highest BCUT2D eigenvalue weighted by Crippen LogP contribution is 2.33. The molecule has 0 spiro atoms. The minimum absolute atomic E-state index is 0.000918. The zero-order valence-electron chi connectivity index (χ0n) is 21.2. The summed E-state index contributed by atoms with van der Waals surface area (Å²) in [5, 5.41) is 5.83. The first-order chi connectivity index (χ1) is 17.9. The maximum atomic E-state index is 13.4. The van der Waals surface area contributed by atoms with Crippen molar-refractivity contribution in [2.45, 2.75) is 56.8 Å². The van der Waals surface area contributed by atoms with Crippen LogP contribution in [0.4, 0.5) is 11.4 Å². The summed E-state index contributed by atoms with van der Waals surface area (Å²) in [5.74, 6) is 0.862. The number of hydrogen-bond acceptors (Lipinski definition) is 6. The van der Waals surface area contributed by atoms with E-state index in [1.165, 1.54) is 0 Å². The average molecular weight is 508 g/mol. The Bertz CT molecular complexity index is 1180. The number of rotatable bonds is 6. The van der Waals surface area contributed by atoms with Gasteiger partial charge in [-0.05, 0) is 56.0 Å². The van der Waals surface area contributed by atoms with Gasteiger partial charge in [-0.25, -0.2) is 0 Å². The number of nitrogens with one attached hydrogen (secondary N) is 2. The molecule has 0 aromatic heterocycles. The molecular formula is C28H33N3O6. The van der Waals surface area contributed by atoms with E-state index in [0.29, 0.717) is 41.3 Å². The molecule has 5 rings (SSSR count). The molecule has 1 aliphatic carbocycles. The molecule has 3 atom stereocenters. The van der Waals surface area contributed by atoms with E-state index >= 15 is 0 Å². The molecule has 9 nitrogen and oxygen atoms in total. The fourth-order valence-electron chi connectivity index (χ4n) is 5.14. The number of amides is 3. The normalized spacial score (nSPS) is 23.4. The van der Waals surface area contributed by atoms with Gasteiger partial charge in [0.2, 0.25) is 11.8 Å². The van der Waals surface area contributed by atoms with Gasteiger partial charge in [0.05, 0.1) is 31.2 Å². The molecule has 2 N–H and O–H groups in total. The van der Waals surface area contributed by atoms with Crippen LogP contribution in [0.3, 0.4) is 0 Å². The molecule has 0 bridgehead atoms. The molecule has 2 aliphatic heterocycles. The first-order valence-corrected chi connectivity index (χ1v) is 12.9. The van der Waals surface area contributed by atoms with E-state index in [0.717, 1.165) is 19.3 Å². The van der Waals surface area contributed by atoms with Gasteiger partial charge in [0.25, 0.3) is 5.91 Å². The number of nitrogens with zero attached hydrogens (tertiary/aromatic N) is 1. The van der Waals surface area contributed by atoms with Gasteiger partial charge >= 0.3 is 0 Å². The monoisotopic (exact) mass is 507 g/mol. The maximum Gasteiger partial charge on any atom is 0.257 e. The van der Waals surface area contributed by atoms with E-state index in [2.05, 4.69) is 10.6 Å². The van der Waals surface area contributed by atoms with Crippen molar-refractivity contribution >= 4 is 29.1 Å². The molecule has 3 amide bonds. The van der Waals surface area contributed by atoms with Crippen LogP contribution in [0, 0.1) is 5.92 Å². The van der Waals surface area contributed by atoms with E-state index in [1.807, 2.05) is 18.2 Å². The Morgan fingerprint density at radius 2 is 1.86 bits per heavy atom. The summed E-state index contributed by atoms with van der Waals surface area (Å²) in [5.41, 5.74) is 1.68. The van der Waals surface area contributed by atoms with Gasteiger partial charge in [-0.15, -0.1) is 0 Å². The molecule has 0 unspecified atom stereocenters. The van der Waals surface area contributed by atoms with Crippen molar-refractivity contribution in [2.24, 2.45) is 5.92 Å². The van der Waals surface area contributed by atoms with E-state index in [4.69, 9.17) is 14.2 Å². The molecule has 2 aromatic rings. The second kappa shape index (κ2) is 10.8. The Labute approximate surface area is 216 Å². The molecule has 37 heavy (non-hydrogen) atoms. The van der Waals surface area contributed by atoms with Crippen LogP contribution < -0.4 is 20.1 Å². The third kappa shape index (κ3) is 5.56. The van der Waals surface area contributed by atoms with Gasteiger partial charge in [-0.1, -0.05) is 12.5 Å². The van der Waals surface area contributed by atoms with Crippen molar-refractivity contribution in [2.75, 3.05) is 31.4 Å². The number of fused-ring (bicyclic) bond motifs is 2. The number of carbonyl (C=O) groups is 3. The predicted octanol–water partition coefficient (Wildman–Crippen LogP) is 3.84. The lowest BCUT2D eigenvalue weighted by molar-refractivity contribution is -0.130. The summed E-state index contributed by atoms with van der Waals surface area (Å²) >= 11 is 0. The second-order valence-electron chi connectivity index (χ2n) is 9.98. The molecule has 196 valence electrons. The van der Waals surface area contributed by atoms with Crippen molar-refractivity contribution < 1.29 is 28.6 Å². The van der Waals surface area contributed by atoms with Gasteiger partial charge in [-0.3, -0.25) is 14.4 Å². The number of carbonyl (C=O) groups excluding carboxylic acids is 3. The van der Waals surface area contributed by atoms with E-state index in [9.17, 15) is 14.4 Å². The van der Waals surface area contributed by atoms with Crippen molar-refractivity contribution in [3.05, 3.63) is 48.0 Å². The first-order valence-electron chi connectivity index (χ1n) is 12.9. The third-order valence-electron chi connectivity index (χ3n) is 7.52. The fourth-order valence-corrected chi connectivity index (χ4v) is 5.14. The standard InChI is InChI=1S/C28H33N3O6/c1-31-23-11-10-21(15-26(32)29-18-7-4-8-20(13-18)35-2)37-25(23)16-36-24-12-9-19(14-22(24)28(31)34)30-27(33)17-5-3-6-17/h4,7-9,12-14,17,21,23,25H,3,5-6,10-11,15-16H2,1-2H3,(H,29,32)(H,30,33)/t21-,23+,25-/m1/s1. The Morgan fingerprint density at radius 3 is 2.62 bits per heavy atom. The molecule has 1 saturated heterocycles. The van der Waals surface area contributed by atoms with Crippen LogP contribution in [0.5, 0.6) is 11.5 Å². The molecule has 0 radical (unpaired) electrons. The number of hydrogen-bond donors (Lipinski definition) is 2. The number of methoxy groups -OCH3 is 1. The van der Waals surface area contributed by atoms with Gasteiger partial charge in [0.15, 0.2) is 0 Å². The maximum absolute atomic E-state index is 13.4. The Morgan fingerprint density at radius 1 is 1.05 bits per heavy atom. The fraction of sp³-hybridized carbons (Fsp3) is 0.464. The molecule has 1 saturated carbocycles. The highest BCUT2D eigenvalue weighted by Gasteiger charge is 2.39. The number of ether oxygens (including phenoxy) is 3. The van der Waals surface area contributed by atoms with E-state index in [-0.39, 0.29) is 54.9 Å². The quantitative estimate of drug-likeness (QED) is 0.615. The highest BCUT2D eigenvalue weighted by molar-refractivity contribution is 6.00.